The van der Waals surface area contributed by atoms with Crippen LogP contribution in [-0.4, -0.2) is 38.0 Å². The van der Waals surface area contributed by atoms with Crippen LogP contribution in [0.4, 0.5) is 13.2 Å². The zero-order valence-electron chi connectivity index (χ0n) is 11.7. The number of rotatable bonds is 6. The molecule has 0 saturated heterocycles. The number of hydrogen-bond acceptors (Lipinski definition) is 4. The van der Waals surface area contributed by atoms with Crippen molar-refractivity contribution in [2.45, 2.75) is 18.6 Å². The van der Waals surface area contributed by atoms with Gasteiger partial charge in [0, 0.05) is 5.56 Å². The van der Waals surface area contributed by atoms with Gasteiger partial charge in [-0.15, -0.1) is 0 Å². The Morgan fingerprint density at radius 1 is 1.29 bits per heavy atom. The predicted molar refractivity (Wildman–Crippen MR) is 68.6 cm³/mol. The molecule has 1 atom stereocenters. The topological polar surface area (TPSA) is 67.8 Å². The first-order valence-electron chi connectivity index (χ1n) is 5.91. The van der Waals surface area contributed by atoms with E-state index in [4.69, 9.17) is 9.47 Å². The number of carboxylic acid groups (broad SMARTS) is 1. The van der Waals surface area contributed by atoms with Crippen LogP contribution in [0.25, 0.3) is 0 Å². The second kappa shape index (κ2) is 6.21. The first kappa shape index (κ1) is 17.1. The molecule has 0 aliphatic rings. The second-order valence-corrected chi connectivity index (χ2v) is 4.47. The third kappa shape index (κ3) is 4.01. The van der Waals surface area contributed by atoms with Crippen molar-refractivity contribution in [3.05, 3.63) is 23.8 Å². The van der Waals surface area contributed by atoms with Crippen LogP contribution in [-0.2, 0) is 10.3 Å². The molecule has 1 aromatic rings. The molecule has 1 aromatic carbocycles. The molecule has 0 bridgehead atoms. The molecule has 118 valence electrons. The van der Waals surface area contributed by atoms with Crippen molar-refractivity contribution in [2.24, 2.45) is 0 Å². The summed E-state index contributed by atoms with van der Waals surface area (Å²) in [6.07, 6.45) is -4.54. The van der Waals surface area contributed by atoms with Gasteiger partial charge in [-0.1, -0.05) is 0 Å². The number of carbonyl (C=O) groups is 1. The first-order valence-corrected chi connectivity index (χ1v) is 5.91. The van der Waals surface area contributed by atoms with Crippen LogP contribution in [0, 0.1) is 0 Å². The molecule has 0 spiro atoms. The van der Waals surface area contributed by atoms with E-state index in [0.29, 0.717) is 5.75 Å². The van der Waals surface area contributed by atoms with E-state index in [9.17, 15) is 23.1 Å². The minimum atomic E-state index is -4.54. The summed E-state index contributed by atoms with van der Waals surface area (Å²) in [6, 6.07) is 4.29. The zero-order chi connectivity index (χ0) is 16.3. The van der Waals surface area contributed by atoms with Gasteiger partial charge in [-0.2, -0.15) is 13.2 Å². The summed E-state index contributed by atoms with van der Waals surface area (Å²) >= 11 is 0. The van der Waals surface area contributed by atoms with Gasteiger partial charge < -0.3 is 14.6 Å². The summed E-state index contributed by atoms with van der Waals surface area (Å²) in [7, 11) is 2.67. The smallest absolute Gasteiger partial charge is 0.401 e. The number of methoxy groups -OCH3 is 2. The molecular formula is C13H16F3NO4. The molecule has 0 saturated carbocycles. The number of halogens is 3. The monoisotopic (exact) mass is 307 g/mol. The normalized spacial score (nSPS) is 14.4. The Balaban J connectivity index is 3.29. The van der Waals surface area contributed by atoms with Gasteiger partial charge in [0.05, 0.1) is 20.8 Å². The van der Waals surface area contributed by atoms with E-state index < -0.39 is 24.2 Å². The third-order valence-electron chi connectivity index (χ3n) is 3.02. The number of carboxylic acids is 1. The van der Waals surface area contributed by atoms with Crippen LogP contribution in [0.3, 0.4) is 0 Å². The van der Waals surface area contributed by atoms with Crippen molar-refractivity contribution in [1.29, 1.82) is 0 Å². The highest BCUT2D eigenvalue weighted by atomic mass is 19.4. The maximum absolute atomic E-state index is 12.4. The number of nitrogens with one attached hydrogen (secondary N) is 1. The van der Waals surface area contributed by atoms with Gasteiger partial charge in [0.1, 0.15) is 17.0 Å². The average molecular weight is 307 g/mol. The molecule has 0 fully saturated rings. The Kier molecular flexibility index (Phi) is 5.06. The number of alkyl halides is 3. The van der Waals surface area contributed by atoms with E-state index in [2.05, 4.69) is 0 Å². The summed E-state index contributed by atoms with van der Waals surface area (Å²) in [5.41, 5.74) is -1.93. The van der Waals surface area contributed by atoms with Crippen LogP contribution in [0.15, 0.2) is 18.2 Å². The molecule has 8 heteroatoms. The van der Waals surface area contributed by atoms with Gasteiger partial charge in [0.15, 0.2) is 0 Å². The standard InChI is InChI=1S/C13H16F3NO4/c1-12(11(18)19,17-7-13(14,15)16)9-6-8(20-2)4-5-10(9)21-3/h4-6,17H,7H2,1-3H3,(H,18,19). The van der Waals surface area contributed by atoms with Gasteiger partial charge in [-0.05, 0) is 25.1 Å². The molecule has 1 unspecified atom stereocenters. The SMILES string of the molecule is COc1ccc(OC)c(C(C)(NCC(F)(F)F)C(=O)O)c1. The number of aliphatic carboxylic acids is 1. The number of hydrogen-bond donors (Lipinski definition) is 2. The molecule has 0 radical (unpaired) electrons. The van der Waals surface area contributed by atoms with Crippen molar-refractivity contribution in [2.75, 3.05) is 20.8 Å². The third-order valence-corrected chi connectivity index (χ3v) is 3.02. The molecule has 0 heterocycles. The Labute approximate surface area is 119 Å². The van der Waals surface area contributed by atoms with E-state index >= 15 is 0 Å². The van der Waals surface area contributed by atoms with Crippen molar-refractivity contribution in [3.8, 4) is 11.5 Å². The molecule has 1 rings (SSSR count). The molecule has 5 nitrogen and oxygen atoms in total. The Bertz CT molecular complexity index is 519. The highest BCUT2D eigenvalue weighted by molar-refractivity contribution is 5.81. The van der Waals surface area contributed by atoms with Gasteiger partial charge in [-0.3, -0.25) is 5.32 Å². The molecule has 0 aliphatic heterocycles. The summed E-state index contributed by atoms with van der Waals surface area (Å²) in [5, 5.41) is 11.4. The highest BCUT2D eigenvalue weighted by Gasteiger charge is 2.41. The minimum absolute atomic E-state index is 0.0427. The molecule has 21 heavy (non-hydrogen) atoms. The quantitative estimate of drug-likeness (QED) is 0.843. The molecule has 2 N–H and O–H groups in total. The first-order chi connectivity index (χ1) is 9.64. The fourth-order valence-electron chi connectivity index (χ4n) is 1.77. The van der Waals surface area contributed by atoms with Gasteiger partial charge in [0.2, 0.25) is 0 Å². The maximum Gasteiger partial charge on any atom is 0.401 e. The lowest BCUT2D eigenvalue weighted by atomic mass is 9.90. The van der Waals surface area contributed by atoms with E-state index in [1.54, 1.807) is 0 Å². The largest absolute Gasteiger partial charge is 0.497 e. The fourth-order valence-corrected chi connectivity index (χ4v) is 1.77. The van der Waals surface area contributed by atoms with Gasteiger partial charge >= 0.3 is 12.1 Å². The summed E-state index contributed by atoms with van der Waals surface area (Å²) in [6.45, 7) is -0.311. The molecule has 0 aromatic heterocycles. The number of ether oxygens (including phenoxy) is 2. The van der Waals surface area contributed by atoms with E-state index in [1.807, 2.05) is 5.32 Å². The van der Waals surface area contributed by atoms with Crippen molar-refractivity contribution in [1.82, 2.24) is 5.32 Å². The fraction of sp³-hybridized carbons (Fsp3) is 0.462. The van der Waals surface area contributed by atoms with Crippen LogP contribution in [0.5, 0.6) is 11.5 Å². The average Bonchev–Trinajstić information content (AvgIpc) is 2.42. The Hall–Kier alpha value is -1.96. The van der Waals surface area contributed by atoms with E-state index in [1.165, 1.54) is 32.4 Å². The van der Waals surface area contributed by atoms with Crippen LogP contribution in [0.2, 0.25) is 0 Å². The molecule has 0 amide bonds. The van der Waals surface area contributed by atoms with Gasteiger partial charge in [0.25, 0.3) is 0 Å². The predicted octanol–water partition coefficient (Wildman–Crippen LogP) is 2.16. The van der Waals surface area contributed by atoms with Crippen LogP contribution < -0.4 is 14.8 Å². The Morgan fingerprint density at radius 2 is 1.90 bits per heavy atom. The van der Waals surface area contributed by atoms with Crippen molar-refractivity contribution < 1.29 is 32.5 Å². The van der Waals surface area contributed by atoms with Crippen LogP contribution in [0.1, 0.15) is 12.5 Å². The summed E-state index contributed by atoms with van der Waals surface area (Å²) in [4.78, 5) is 11.5. The lowest BCUT2D eigenvalue weighted by molar-refractivity contribution is -0.150. The zero-order valence-corrected chi connectivity index (χ0v) is 11.7. The maximum atomic E-state index is 12.4. The minimum Gasteiger partial charge on any atom is -0.497 e. The molecular weight excluding hydrogens is 291 g/mol. The molecule has 0 aliphatic carbocycles. The van der Waals surface area contributed by atoms with Gasteiger partial charge in [-0.25, -0.2) is 4.79 Å². The van der Waals surface area contributed by atoms with E-state index in [-0.39, 0.29) is 11.3 Å². The summed E-state index contributed by atoms with van der Waals surface area (Å²) in [5.74, 6) is -0.999. The lowest BCUT2D eigenvalue weighted by Crippen LogP contribution is -2.50. The Morgan fingerprint density at radius 3 is 2.33 bits per heavy atom. The lowest BCUT2D eigenvalue weighted by Gasteiger charge is -2.29. The second-order valence-electron chi connectivity index (χ2n) is 4.47. The number of benzene rings is 1. The summed E-state index contributed by atoms with van der Waals surface area (Å²) < 4.78 is 47.2. The van der Waals surface area contributed by atoms with Crippen molar-refractivity contribution >= 4 is 5.97 Å². The highest BCUT2D eigenvalue weighted by Crippen LogP contribution is 2.34. The van der Waals surface area contributed by atoms with Crippen molar-refractivity contribution in [3.63, 3.8) is 0 Å². The van der Waals surface area contributed by atoms with Crippen LogP contribution >= 0.6 is 0 Å². The van der Waals surface area contributed by atoms with E-state index in [0.717, 1.165) is 6.92 Å².